The summed E-state index contributed by atoms with van der Waals surface area (Å²) in [6, 6.07) is 21.2. The Morgan fingerprint density at radius 1 is 1.00 bits per heavy atom. The summed E-state index contributed by atoms with van der Waals surface area (Å²) in [5.74, 6) is 2.66. The molecule has 0 bridgehead atoms. The van der Waals surface area contributed by atoms with E-state index < -0.39 is 12.4 Å². The quantitative estimate of drug-likeness (QED) is 0.268. The summed E-state index contributed by atoms with van der Waals surface area (Å²) in [7, 11) is 1.38. The predicted octanol–water partition coefficient (Wildman–Crippen LogP) is 5.76. The fourth-order valence-electron chi connectivity index (χ4n) is 5.80. The summed E-state index contributed by atoms with van der Waals surface area (Å²) in [6.07, 6.45) is 0.201. The maximum absolute atomic E-state index is 13.1. The highest BCUT2D eigenvalue weighted by atomic mass is 16.7. The Morgan fingerprint density at radius 2 is 1.67 bits per heavy atom. The largest absolute Gasteiger partial charge is 0.488 e. The molecule has 43 heavy (non-hydrogen) atoms. The summed E-state index contributed by atoms with van der Waals surface area (Å²) in [5.41, 5.74) is 5.32. The zero-order chi connectivity index (χ0) is 30.3. The van der Waals surface area contributed by atoms with E-state index in [0.717, 1.165) is 40.1 Å². The van der Waals surface area contributed by atoms with E-state index in [1.807, 2.05) is 91.4 Å². The van der Waals surface area contributed by atoms with Crippen LogP contribution in [-0.2, 0) is 27.3 Å². The lowest BCUT2D eigenvalue weighted by Gasteiger charge is -2.37. The van der Waals surface area contributed by atoms with Crippen molar-refractivity contribution in [2.45, 2.75) is 52.0 Å². The molecule has 9 nitrogen and oxygen atoms in total. The van der Waals surface area contributed by atoms with Gasteiger partial charge in [-0.05, 0) is 79.1 Å². The molecular weight excluding hydrogens is 546 g/mol. The number of benzene rings is 3. The smallest absolute Gasteiger partial charge is 0.412 e. The average Bonchev–Trinajstić information content (AvgIpc) is 3.19. The third kappa shape index (κ3) is 6.91. The third-order valence-corrected chi connectivity index (χ3v) is 8.07. The van der Waals surface area contributed by atoms with Crippen molar-refractivity contribution >= 4 is 29.3 Å². The van der Waals surface area contributed by atoms with Gasteiger partial charge in [0.05, 0.1) is 0 Å². The van der Waals surface area contributed by atoms with Gasteiger partial charge < -0.3 is 29.3 Å². The fraction of sp³-hybridized carbons (Fsp3) is 0.353. The highest BCUT2D eigenvalue weighted by Gasteiger charge is 2.33. The molecule has 1 fully saturated rings. The zero-order valence-corrected chi connectivity index (χ0v) is 24.8. The van der Waals surface area contributed by atoms with Gasteiger partial charge in [0.15, 0.2) is 0 Å². The maximum Gasteiger partial charge on any atom is 0.412 e. The number of piperidine rings is 1. The highest BCUT2D eigenvalue weighted by Crippen LogP contribution is 2.31. The van der Waals surface area contributed by atoms with Crippen molar-refractivity contribution in [2.75, 3.05) is 32.1 Å². The number of hydrogen-bond donors (Lipinski definition) is 1. The van der Waals surface area contributed by atoms with Crippen molar-refractivity contribution in [1.82, 2.24) is 9.80 Å². The van der Waals surface area contributed by atoms with Crippen LogP contribution in [0.25, 0.3) is 5.57 Å². The van der Waals surface area contributed by atoms with E-state index in [1.165, 1.54) is 7.11 Å². The van der Waals surface area contributed by atoms with Crippen LogP contribution in [0.5, 0.6) is 5.75 Å². The van der Waals surface area contributed by atoms with Crippen LogP contribution >= 0.6 is 0 Å². The van der Waals surface area contributed by atoms with E-state index in [4.69, 9.17) is 14.2 Å². The SMILES string of the molecule is CO[C@H](OC(=O)N1CCC(N2CCc3ccccc3NC2=O)CC1)C(=C=O)c1cc(C)c(OCc2ccccc2)c(C)c1. The first-order valence-electron chi connectivity index (χ1n) is 14.5. The molecule has 1 atom stereocenters. The number of rotatable bonds is 8. The van der Waals surface area contributed by atoms with Gasteiger partial charge >= 0.3 is 12.1 Å². The van der Waals surface area contributed by atoms with Gasteiger partial charge in [0.2, 0.25) is 6.29 Å². The van der Waals surface area contributed by atoms with Gasteiger partial charge in [0, 0.05) is 38.5 Å². The topological polar surface area (TPSA) is 97.4 Å². The molecule has 2 heterocycles. The number of carbonyl (C=O) groups excluding carboxylic acids is 3. The van der Waals surface area contributed by atoms with Crippen LogP contribution in [0, 0.1) is 13.8 Å². The Hall–Kier alpha value is -4.59. The zero-order valence-electron chi connectivity index (χ0n) is 24.8. The summed E-state index contributed by atoms with van der Waals surface area (Å²) in [6.45, 7) is 5.68. The second-order valence-corrected chi connectivity index (χ2v) is 10.9. The number of anilines is 1. The van der Waals surface area contributed by atoms with Gasteiger partial charge in [0.25, 0.3) is 0 Å². The van der Waals surface area contributed by atoms with Gasteiger partial charge in [-0.15, -0.1) is 0 Å². The molecule has 0 aromatic heterocycles. The number of carbonyl (C=O) groups is 2. The molecule has 0 radical (unpaired) electrons. The summed E-state index contributed by atoms with van der Waals surface area (Å²) in [5, 5.41) is 3.02. The Kier molecular flexibility index (Phi) is 9.45. The lowest BCUT2D eigenvalue weighted by atomic mass is 10.00. The van der Waals surface area contributed by atoms with E-state index in [0.29, 0.717) is 44.6 Å². The van der Waals surface area contributed by atoms with Gasteiger partial charge in [-0.1, -0.05) is 48.5 Å². The molecule has 9 heteroatoms. The number of aryl methyl sites for hydroxylation is 2. The number of amides is 3. The molecule has 0 unspecified atom stereocenters. The Balaban J connectivity index is 1.19. The number of methoxy groups -OCH3 is 1. The number of hydrogen-bond acceptors (Lipinski definition) is 6. The average molecular weight is 584 g/mol. The van der Waals surface area contributed by atoms with Gasteiger partial charge in [0.1, 0.15) is 23.9 Å². The molecule has 2 aliphatic rings. The Morgan fingerprint density at radius 3 is 2.35 bits per heavy atom. The van der Waals surface area contributed by atoms with Crippen LogP contribution < -0.4 is 10.1 Å². The number of nitrogens with zero attached hydrogens (tertiary/aromatic N) is 2. The van der Waals surface area contributed by atoms with Crippen molar-refractivity contribution in [1.29, 1.82) is 0 Å². The molecule has 0 aliphatic carbocycles. The summed E-state index contributed by atoms with van der Waals surface area (Å²) in [4.78, 5) is 41.7. The molecule has 3 aromatic carbocycles. The van der Waals surface area contributed by atoms with Crippen molar-refractivity contribution in [3.05, 3.63) is 94.5 Å². The van der Waals surface area contributed by atoms with Crippen LogP contribution in [0.4, 0.5) is 15.3 Å². The second-order valence-electron chi connectivity index (χ2n) is 10.9. The van der Waals surface area contributed by atoms with E-state index in [2.05, 4.69) is 5.32 Å². The van der Waals surface area contributed by atoms with Crippen molar-refractivity contribution in [2.24, 2.45) is 0 Å². The first kappa shape index (κ1) is 29.9. The second kappa shape index (κ2) is 13.6. The first-order valence-corrected chi connectivity index (χ1v) is 14.5. The van der Waals surface area contributed by atoms with Crippen LogP contribution in [0.1, 0.15) is 40.7 Å². The van der Waals surface area contributed by atoms with Gasteiger partial charge in [-0.3, -0.25) is 0 Å². The van der Waals surface area contributed by atoms with Gasteiger partial charge in [-0.2, -0.15) is 0 Å². The summed E-state index contributed by atoms with van der Waals surface area (Å²) < 4.78 is 17.2. The minimum atomic E-state index is -1.23. The minimum absolute atomic E-state index is 0.00981. The van der Waals surface area contributed by atoms with Crippen LogP contribution in [0.2, 0.25) is 0 Å². The molecule has 0 saturated carbocycles. The molecular formula is C34H37N3O6. The lowest BCUT2D eigenvalue weighted by Crippen LogP contribution is -2.50. The number of fused-ring (bicyclic) bond motifs is 1. The van der Waals surface area contributed by atoms with Crippen LogP contribution in [0.15, 0.2) is 66.7 Å². The molecule has 1 saturated heterocycles. The normalized spacial score (nSPS) is 15.9. The molecule has 3 aromatic rings. The minimum Gasteiger partial charge on any atom is -0.488 e. The monoisotopic (exact) mass is 583 g/mol. The van der Waals surface area contributed by atoms with E-state index >= 15 is 0 Å². The molecule has 5 rings (SSSR count). The van der Waals surface area contributed by atoms with Crippen molar-refractivity contribution < 1.29 is 28.6 Å². The number of nitrogens with one attached hydrogen (secondary N) is 1. The lowest BCUT2D eigenvalue weighted by molar-refractivity contribution is -0.0540. The van der Waals surface area contributed by atoms with Crippen LogP contribution in [-0.4, -0.2) is 66.9 Å². The molecule has 0 spiro atoms. The first-order chi connectivity index (χ1) is 20.9. The predicted molar refractivity (Wildman–Crippen MR) is 164 cm³/mol. The van der Waals surface area contributed by atoms with E-state index in [9.17, 15) is 14.4 Å². The van der Waals surface area contributed by atoms with E-state index in [1.54, 1.807) is 4.90 Å². The number of ether oxygens (including phenoxy) is 3. The Bertz CT molecular complexity index is 1490. The van der Waals surface area contributed by atoms with Crippen LogP contribution in [0.3, 0.4) is 0 Å². The molecule has 1 N–H and O–H groups in total. The van der Waals surface area contributed by atoms with Crippen molar-refractivity contribution in [3.63, 3.8) is 0 Å². The molecule has 224 valence electrons. The number of likely N-dealkylation sites (tertiary alicyclic amines) is 1. The molecule has 2 aliphatic heterocycles. The molecule has 3 amide bonds. The maximum atomic E-state index is 13.1. The van der Waals surface area contributed by atoms with Crippen molar-refractivity contribution in [3.8, 4) is 5.75 Å². The summed E-state index contributed by atoms with van der Waals surface area (Å²) >= 11 is 0. The standard InChI is InChI=1S/C34H37N3O6/c1-23-19-27(20-24(2)31(23)42-22-25-9-5-4-6-10-25)29(21-38)32(41-3)43-34(40)36-16-14-28(15-17-36)37-18-13-26-11-7-8-12-30(26)35-33(37)39/h4-12,19-20,28,32H,13-18,22H2,1-3H3,(H,35,39)/t32-/m1/s1. The van der Waals surface area contributed by atoms with E-state index in [-0.39, 0.29) is 17.6 Å². The highest BCUT2D eigenvalue weighted by molar-refractivity contribution is 5.91. The van der Waals surface area contributed by atoms with Gasteiger partial charge in [-0.25, -0.2) is 14.4 Å². The fourth-order valence-corrected chi connectivity index (χ4v) is 5.80. The Labute approximate surface area is 252 Å². The number of urea groups is 1. The number of para-hydroxylation sites is 1. The third-order valence-electron chi connectivity index (χ3n) is 8.07.